The van der Waals surface area contributed by atoms with Gasteiger partial charge in [0, 0.05) is 13.1 Å². The molecule has 184 valence electrons. The monoisotopic (exact) mass is 494 g/mol. The number of carbonyl (C=O) groups excluding carboxylic acids is 2. The number of hydrogen-bond donors (Lipinski definition) is 2. The highest BCUT2D eigenvalue weighted by atomic mass is 35.5. The maximum atomic E-state index is 13.7. The lowest BCUT2D eigenvalue weighted by Crippen LogP contribution is -2.49. The highest BCUT2D eigenvalue weighted by Gasteiger charge is 2.42. The van der Waals surface area contributed by atoms with E-state index in [1.54, 1.807) is 0 Å². The van der Waals surface area contributed by atoms with Crippen LogP contribution in [0.1, 0.15) is 16.7 Å². The molecule has 2 amide bonds. The van der Waals surface area contributed by atoms with E-state index in [0.29, 0.717) is 19.4 Å². The summed E-state index contributed by atoms with van der Waals surface area (Å²) in [6.07, 6.45) is -0.773. The number of hydrogen-bond acceptors (Lipinski definition) is 5. The van der Waals surface area contributed by atoms with Crippen molar-refractivity contribution in [1.29, 1.82) is 0 Å². The van der Waals surface area contributed by atoms with Gasteiger partial charge in [0.15, 0.2) is 0 Å². The molecule has 7 heteroatoms. The lowest BCUT2D eigenvalue weighted by Gasteiger charge is -2.28. The van der Waals surface area contributed by atoms with Gasteiger partial charge in [0.2, 0.25) is 5.91 Å². The number of aliphatic hydroxyl groups excluding tert-OH is 1. The number of amides is 2. The minimum Gasteiger partial charge on any atom is -0.447 e. The fourth-order valence-electron chi connectivity index (χ4n) is 4.30. The molecule has 1 saturated heterocycles. The van der Waals surface area contributed by atoms with Gasteiger partial charge in [-0.1, -0.05) is 91.0 Å². The summed E-state index contributed by atoms with van der Waals surface area (Å²) in [4.78, 5) is 27.5. The topological polar surface area (TPSA) is 78.9 Å². The van der Waals surface area contributed by atoms with Crippen molar-refractivity contribution in [2.75, 3.05) is 13.2 Å². The predicted octanol–water partition coefficient (Wildman–Crippen LogP) is 4.01. The van der Waals surface area contributed by atoms with Gasteiger partial charge in [-0.15, -0.1) is 12.4 Å². The van der Waals surface area contributed by atoms with Gasteiger partial charge in [0.25, 0.3) is 0 Å². The molecule has 3 atom stereocenters. The average molecular weight is 495 g/mol. The minimum absolute atomic E-state index is 0. The van der Waals surface area contributed by atoms with E-state index in [-0.39, 0.29) is 25.6 Å². The van der Waals surface area contributed by atoms with Crippen LogP contribution in [0.3, 0.4) is 0 Å². The molecule has 0 aliphatic carbocycles. The van der Waals surface area contributed by atoms with Crippen LogP contribution in [0.5, 0.6) is 0 Å². The number of benzene rings is 3. The predicted molar refractivity (Wildman–Crippen MR) is 137 cm³/mol. The molecule has 0 bridgehead atoms. The van der Waals surface area contributed by atoms with E-state index in [4.69, 9.17) is 4.74 Å². The van der Waals surface area contributed by atoms with Gasteiger partial charge in [0.05, 0.1) is 18.1 Å². The molecule has 0 aromatic heterocycles. The molecule has 35 heavy (non-hydrogen) atoms. The third kappa shape index (κ3) is 7.15. The Labute approximate surface area is 212 Å². The number of halogens is 1. The van der Waals surface area contributed by atoms with E-state index in [9.17, 15) is 14.7 Å². The first-order valence-corrected chi connectivity index (χ1v) is 11.6. The fourth-order valence-corrected chi connectivity index (χ4v) is 4.30. The first kappa shape index (κ1) is 26.4. The first-order valence-electron chi connectivity index (χ1n) is 11.6. The summed E-state index contributed by atoms with van der Waals surface area (Å²) in [5.74, 6) is -1.18. The van der Waals surface area contributed by atoms with Crippen molar-refractivity contribution in [1.82, 2.24) is 10.2 Å². The number of carbonyl (C=O) groups is 2. The Hall–Kier alpha value is -3.19. The Morgan fingerprint density at radius 1 is 0.914 bits per heavy atom. The summed E-state index contributed by atoms with van der Waals surface area (Å²) < 4.78 is 5.26. The molecular weight excluding hydrogens is 464 g/mol. The van der Waals surface area contributed by atoms with Crippen LogP contribution in [-0.2, 0) is 28.9 Å². The number of aliphatic hydroxyl groups is 1. The summed E-state index contributed by atoms with van der Waals surface area (Å²) in [7, 11) is 0. The van der Waals surface area contributed by atoms with Crippen molar-refractivity contribution in [2.45, 2.75) is 31.5 Å². The van der Waals surface area contributed by atoms with Crippen LogP contribution in [0.2, 0.25) is 0 Å². The Morgan fingerprint density at radius 2 is 1.46 bits per heavy atom. The summed E-state index contributed by atoms with van der Waals surface area (Å²) >= 11 is 0. The van der Waals surface area contributed by atoms with Crippen LogP contribution in [0.25, 0.3) is 0 Å². The molecule has 0 saturated carbocycles. The third-order valence-electron chi connectivity index (χ3n) is 6.12. The Kier molecular flexibility index (Phi) is 9.85. The Balaban J connectivity index is 0.00000342. The maximum absolute atomic E-state index is 13.7. The van der Waals surface area contributed by atoms with E-state index < -0.39 is 30.1 Å². The molecular formula is C28H31ClN2O4. The van der Waals surface area contributed by atoms with Gasteiger partial charge in [-0.2, -0.15) is 0 Å². The number of nitrogens with zero attached hydrogens (tertiary/aromatic N) is 1. The third-order valence-corrected chi connectivity index (χ3v) is 6.12. The van der Waals surface area contributed by atoms with E-state index in [0.717, 1.165) is 16.7 Å². The highest BCUT2D eigenvalue weighted by molar-refractivity contribution is 5.95. The largest absolute Gasteiger partial charge is 0.447 e. The highest BCUT2D eigenvalue weighted by Crippen LogP contribution is 2.23. The molecule has 0 spiro atoms. The smallest absolute Gasteiger partial charge is 0.416 e. The van der Waals surface area contributed by atoms with Gasteiger partial charge >= 0.3 is 6.09 Å². The number of rotatable bonds is 10. The van der Waals surface area contributed by atoms with E-state index in [1.165, 1.54) is 4.90 Å². The molecule has 1 aliphatic heterocycles. The van der Waals surface area contributed by atoms with Gasteiger partial charge in [-0.3, -0.25) is 4.79 Å². The molecule has 6 nitrogen and oxygen atoms in total. The number of imide groups is 1. The van der Waals surface area contributed by atoms with E-state index >= 15 is 0 Å². The van der Waals surface area contributed by atoms with Gasteiger partial charge in [-0.05, 0) is 29.5 Å². The molecule has 2 N–H and O–H groups in total. The molecule has 4 rings (SSSR count). The van der Waals surface area contributed by atoms with Gasteiger partial charge < -0.3 is 15.2 Å². The molecule has 0 unspecified atom stereocenters. The van der Waals surface area contributed by atoms with Crippen molar-refractivity contribution in [3.8, 4) is 0 Å². The maximum Gasteiger partial charge on any atom is 0.416 e. The van der Waals surface area contributed by atoms with E-state index in [2.05, 4.69) is 5.32 Å². The van der Waals surface area contributed by atoms with Crippen molar-refractivity contribution in [3.63, 3.8) is 0 Å². The van der Waals surface area contributed by atoms with Crippen LogP contribution in [0, 0.1) is 5.92 Å². The zero-order chi connectivity index (χ0) is 23.8. The Morgan fingerprint density at radius 3 is 2.06 bits per heavy atom. The normalized spacial score (nSPS) is 16.8. The van der Waals surface area contributed by atoms with Crippen LogP contribution < -0.4 is 5.32 Å². The molecule has 3 aromatic rings. The SMILES string of the molecule is Cl.O=C1OC[C@@H](Cc2ccccc2)N1C(=O)[C@@H](Cc1ccccc1)[C@@H](O)CNCc1ccccc1. The van der Waals surface area contributed by atoms with Crippen molar-refractivity contribution in [3.05, 3.63) is 108 Å². The summed E-state index contributed by atoms with van der Waals surface area (Å²) in [6.45, 7) is 0.955. The lowest BCUT2D eigenvalue weighted by molar-refractivity contribution is -0.137. The van der Waals surface area contributed by atoms with Crippen molar-refractivity contribution >= 4 is 24.4 Å². The second-order valence-corrected chi connectivity index (χ2v) is 8.61. The average Bonchev–Trinajstić information content (AvgIpc) is 3.23. The standard InChI is InChI=1S/C28H30N2O4.ClH/c31-26(19-29-18-23-14-8-3-9-15-23)25(17-22-12-6-2-7-13-22)27(32)30-24(20-34-28(30)33)16-21-10-4-1-5-11-21;/h1-15,24-26,29,31H,16-20H2;1H/t24-,25+,26+;/m1./s1. The van der Waals surface area contributed by atoms with Gasteiger partial charge in [0.1, 0.15) is 6.61 Å². The molecule has 1 aliphatic rings. The minimum atomic E-state index is -0.970. The molecule has 0 radical (unpaired) electrons. The van der Waals surface area contributed by atoms with Crippen LogP contribution in [0.15, 0.2) is 91.0 Å². The molecule has 1 heterocycles. The zero-order valence-corrected chi connectivity index (χ0v) is 20.3. The number of cyclic esters (lactones) is 1. The van der Waals surface area contributed by atoms with Crippen LogP contribution in [-0.4, -0.2) is 47.3 Å². The summed E-state index contributed by atoms with van der Waals surface area (Å²) in [5, 5.41) is 14.3. The van der Waals surface area contributed by atoms with Crippen molar-refractivity contribution < 1.29 is 19.4 Å². The van der Waals surface area contributed by atoms with Gasteiger partial charge in [-0.25, -0.2) is 9.69 Å². The second-order valence-electron chi connectivity index (χ2n) is 8.61. The quantitative estimate of drug-likeness (QED) is 0.445. The first-order chi connectivity index (χ1) is 16.6. The van der Waals surface area contributed by atoms with E-state index in [1.807, 2.05) is 91.0 Å². The van der Waals surface area contributed by atoms with Crippen molar-refractivity contribution in [2.24, 2.45) is 5.92 Å². The summed E-state index contributed by atoms with van der Waals surface area (Å²) in [5.41, 5.74) is 3.04. The fraction of sp³-hybridized carbons (Fsp3) is 0.286. The number of nitrogens with one attached hydrogen (secondary N) is 1. The Bertz CT molecular complexity index is 1070. The molecule has 1 fully saturated rings. The van der Waals surface area contributed by atoms with Crippen LogP contribution in [0.4, 0.5) is 4.79 Å². The lowest BCUT2D eigenvalue weighted by atomic mass is 9.91. The number of ether oxygens (including phenoxy) is 1. The van der Waals surface area contributed by atoms with Crippen LogP contribution >= 0.6 is 12.4 Å². The molecule has 3 aromatic carbocycles. The second kappa shape index (κ2) is 13.0. The zero-order valence-electron chi connectivity index (χ0n) is 19.5. The summed E-state index contributed by atoms with van der Waals surface area (Å²) in [6, 6.07) is 28.8.